The Labute approximate surface area is 264 Å². The molecular formula is C39H44O6. The molecule has 0 aromatic heterocycles. The van der Waals surface area contributed by atoms with E-state index in [4.69, 9.17) is 0 Å². The molecule has 0 heterocycles. The van der Waals surface area contributed by atoms with E-state index in [-0.39, 0.29) is 56.2 Å². The quantitative estimate of drug-likeness (QED) is 0.168. The maximum atomic E-state index is 12.0. The van der Waals surface area contributed by atoms with Crippen molar-refractivity contribution in [2.24, 2.45) is 23.7 Å². The van der Waals surface area contributed by atoms with Gasteiger partial charge < -0.3 is 30.6 Å². The molecule has 6 nitrogen and oxygen atoms in total. The second kappa shape index (κ2) is 8.83. The maximum absolute atomic E-state index is 12.0. The molecular weight excluding hydrogens is 564 g/mol. The van der Waals surface area contributed by atoms with Crippen LogP contribution < -0.4 is 0 Å². The molecule has 8 aliphatic rings. The highest BCUT2D eigenvalue weighted by Crippen LogP contribution is 2.70. The molecule has 3 aromatic rings. The lowest BCUT2D eigenvalue weighted by atomic mass is 9.41. The van der Waals surface area contributed by atoms with Crippen LogP contribution in [-0.2, 0) is 21.7 Å². The molecule has 0 saturated heterocycles. The van der Waals surface area contributed by atoms with Gasteiger partial charge in [-0.1, -0.05) is 0 Å². The maximum Gasteiger partial charge on any atom is 0.119 e. The molecule has 8 bridgehead atoms. The minimum Gasteiger partial charge on any atom is -0.508 e. The van der Waals surface area contributed by atoms with Gasteiger partial charge in [0.2, 0.25) is 0 Å². The van der Waals surface area contributed by atoms with E-state index in [1.807, 2.05) is 12.1 Å². The van der Waals surface area contributed by atoms with E-state index in [1.165, 1.54) is 6.07 Å². The number of phenolic OH excluding ortho intramolecular Hbond substituents is 6. The Morgan fingerprint density at radius 2 is 0.800 bits per heavy atom. The fourth-order valence-electron chi connectivity index (χ4n) is 13.3. The van der Waals surface area contributed by atoms with Gasteiger partial charge in [-0.25, -0.2) is 0 Å². The summed E-state index contributed by atoms with van der Waals surface area (Å²) in [6.45, 7) is 1.81. The van der Waals surface area contributed by atoms with Gasteiger partial charge in [0.25, 0.3) is 0 Å². The van der Waals surface area contributed by atoms with Gasteiger partial charge in [-0.05, 0) is 156 Å². The highest BCUT2D eigenvalue weighted by atomic mass is 16.3. The zero-order valence-corrected chi connectivity index (χ0v) is 26.0. The Morgan fingerprint density at radius 1 is 0.444 bits per heavy atom. The van der Waals surface area contributed by atoms with Gasteiger partial charge in [-0.15, -0.1) is 0 Å². The molecule has 0 amide bonds. The van der Waals surface area contributed by atoms with Gasteiger partial charge >= 0.3 is 0 Å². The van der Waals surface area contributed by atoms with E-state index in [0.717, 1.165) is 99.3 Å². The van der Waals surface area contributed by atoms with Crippen LogP contribution in [0.25, 0.3) is 0 Å². The van der Waals surface area contributed by atoms with Crippen molar-refractivity contribution < 1.29 is 30.6 Å². The predicted molar refractivity (Wildman–Crippen MR) is 170 cm³/mol. The number of aromatic hydroxyl groups is 6. The number of aryl methyl sites for hydroxylation is 1. The van der Waals surface area contributed by atoms with E-state index in [1.54, 1.807) is 31.2 Å². The number of phenols is 6. The van der Waals surface area contributed by atoms with Gasteiger partial charge in [0.1, 0.15) is 34.5 Å². The molecule has 6 N–H and O–H groups in total. The minimum absolute atomic E-state index is 0.167. The summed E-state index contributed by atoms with van der Waals surface area (Å²) in [5.41, 5.74) is 2.87. The van der Waals surface area contributed by atoms with Crippen molar-refractivity contribution in [1.29, 1.82) is 0 Å². The summed E-state index contributed by atoms with van der Waals surface area (Å²) in [5, 5.41) is 67.0. The third kappa shape index (κ3) is 3.80. The van der Waals surface area contributed by atoms with E-state index in [2.05, 4.69) is 0 Å². The monoisotopic (exact) mass is 608 g/mol. The highest BCUT2D eigenvalue weighted by molar-refractivity contribution is 5.56. The molecule has 0 radical (unpaired) electrons. The molecule has 11 rings (SSSR count). The summed E-state index contributed by atoms with van der Waals surface area (Å²) in [4.78, 5) is 0. The molecule has 8 fully saturated rings. The molecule has 6 heteroatoms. The van der Waals surface area contributed by atoms with E-state index in [0.29, 0.717) is 29.2 Å². The molecule has 45 heavy (non-hydrogen) atoms. The Hall–Kier alpha value is -3.54. The van der Waals surface area contributed by atoms with Crippen molar-refractivity contribution in [3.05, 3.63) is 70.3 Å². The first-order valence-electron chi connectivity index (χ1n) is 17.0. The molecule has 0 aliphatic heterocycles. The van der Waals surface area contributed by atoms with Crippen LogP contribution in [0.5, 0.6) is 34.5 Å². The lowest BCUT2D eigenvalue weighted by Crippen LogP contribution is -2.56. The molecule has 3 aromatic carbocycles. The second-order valence-electron chi connectivity index (χ2n) is 16.8. The third-order valence-electron chi connectivity index (χ3n) is 13.8. The SMILES string of the molecule is Cc1cc(O)c(C23CC4CC(C2)CC(c2cc(O)c(C56CC7CC(CC(c8cc(O)ccc8O)(C7)C5)C6)cc2O)(C4)C3)cc1O. The molecule has 4 atom stereocenters. The first kappa shape index (κ1) is 27.7. The first-order chi connectivity index (χ1) is 21.4. The van der Waals surface area contributed by atoms with Crippen LogP contribution in [0.4, 0.5) is 0 Å². The number of hydrogen-bond acceptors (Lipinski definition) is 6. The molecule has 4 unspecified atom stereocenters. The number of hydrogen-bond donors (Lipinski definition) is 6. The number of benzene rings is 3. The van der Waals surface area contributed by atoms with Crippen LogP contribution in [0.1, 0.15) is 105 Å². The average molecular weight is 609 g/mol. The molecule has 0 spiro atoms. The zero-order valence-electron chi connectivity index (χ0n) is 26.0. The minimum atomic E-state index is -0.298. The summed E-state index contributed by atoms with van der Waals surface area (Å²) in [7, 11) is 0. The molecule has 8 saturated carbocycles. The van der Waals surface area contributed by atoms with Crippen molar-refractivity contribution in [3.63, 3.8) is 0 Å². The average Bonchev–Trinajstić information content (AvgIpc) is 2.95. The van der Waals surface area contributed by atoms with Crippen LogP contribution in [0.2, 0.25) is 0 Å². The van der Waals surface area contributed by atoms with Crippen molar-refractivity contribution in [1.82, 2.24) is 0 Å². The third-order valence-corrected chi connectivity index (χ3v) is 13.8. The predicted octanol–water partition coefficient (Wildman–Crippen LogP) is 7.81. The summed E-state index contributed by atoms with van der Waals surface area (Å²) in [6.07, 6.45) is 11.6. The van der Waals surface area contributed by atoms with Gasteiger partial charge in [-0.3, -0.25) is 0 Å². The van der Waals surface area contributed by atoms with Gasteiger partial charge in [0.05, 0.1) is 0 Å². The summed E-state index contributed by atoms with van der Waals surface area (Å²) >= 11 is 0. The van der Waals surface area contributed by atoms with Crippen molar-refractivity contribution in [2.45, 2.75) is 106 Å². The normalized spacial score (nSPS) is 39.0. The van der Waals surface area contributed by atoms with Crippen LogP contribution in [0.3, 0.4) is 0 Å². The Kier molecular flexibility index (Phi) is 5.45. The lowest BCUT2D eigenvalue weighted by Gasteiger charge is -2.63. The Bertz CT molecular complexity index is 1730. The van der Waals surface area contributed by atoms with E-state index in [9.17, 15) is 30.6 Å². The molecule has 8 aliphatic carbocycles. The molecule has 236 valence electrons. The fourth-order valence-corrected chi connectivity index (χ4v) is 13.3. The fraction of sp³-hybridized carbons (Fsp3) is 0.538. The van der Waals surface area contributed by atoms with Crippen LogP contribution in [-0.4, -0.2) is 30.6 Å². The number of rotatable bonds is 4. The summed E-state index contributed by atoms with van der Waals surface area (Å²) in [6, 6.07) is 12.1. The largest absolute Gasteiger partial charge is 0.508 e. The lowest BCUT2D eigenvalue weighted by molar-refractivity contribution is -0.0319. The smallest absolute Gasteiger partial charge is 0.119 e. The van der Waals surface area contributed by atoms with Crippen molar-refractivity contribution >= 4 is 0 Å². The van der Waals surface area contributed by atoms with Crippen LogP contribution in [0, 0.1) is 30.6 Å². The topological polar surface area (TPSA) is 121 Å². The highest BCUT2D eigenvalue weighted by Gasteiger charge is 2.62. The standard InChI is InChI=1S/C39H44O6/c1-21-4-33(43)28(8-32(21)42)37-13-24-6-25(14-37)18-39(17-24,20-37)30-10-34(44)29(9-35(30)45)38-15-22-5-23(16-38)12-36(11-22,19-38)27-7-26(40)2-3-31(27)41/h2-4,7-10,22-25,40-45H,5-6,11-20H2,1H3. The summed E-state index contributed by atoms with van der Waals surface area (Å²) < 4.78 is 0. The van der Waals surface area contributed by atoms with Crippen LogP contribution >= 0.6 is 0 Å². The van der Waals surface area contributed by atoms with Crippen molar-refractivity contribution in [2.75, 3.05) is 0 Å². The van der Waals surface area contributed by atoms with Gasteiger partial charge in [-0.2, -0.15) is 0 Å². The van der Waals surface area contributed by atoms with Crippen molar-refractivity contribution in [3.8, 4) is 34.5 Å². The van der Waals surface area contributed by atoms with Crippen LogP contribution in [0.15, 0.2) is 42.5 Å². The zero-order chi connectivity index (χ0) is 31.1. The first-order valence-corrected chi connectivity index (χ1v) is 17.0. The van der Waals surface area contributed by atoms with E-state index < -0.39 is 0 Å². The summed E-state index contributed by atoms with van der Waals surface area (Å²) in [5.74, 6) is 3.26. The Balaban J connectivity index is 1.12. The second-order valence-corrected chi connectivity index (χ2v) is 16.8. The van der Waals surface area contributed by atoms with E-state index >= 15 is 0 Å². The Morgan fingerprint density at radius 3 is 1.22 bits per heavy atom. The van der Waals surface area contributed by atoms with Gasteiger partial charge in [0.15, 0.2) is 0 Å². The van der Waals surface area contributed by atoms with Gasteiger partial charge in [0, 0.05) is 43.9 Å².